The molecule has 3 aromatic heterocycles. The Bertz CT molecular complexity index is 1230. The number of hydrogen-bond acceptors (Lipinski definition) is 5. The monoisotopic (exact) mass is 436 g/mol. The zero-order valence-corrected chi connectivity index (χ0v) is 19.7. The number of thiazole rings is 1. The summed E-state index contributed by atoms with van der Waals surface area (Å²) in [5, 5.41) is 9.65. The molecule has 4 rings (SSSR count). The third-order valence-corrected chi connectivity index (χ3v) is 6.55. The highest BCUT2D eigenvalue weighted by atomic mass is 32.1. The van der Waals surface area contributed by atoms with Gasteiger partial charge in [-0.2, -0.15) is 10.2 Å². The van der Waals surface area contributed by atoms with Crippen molar-refractivity contribution in [3.05, 3.63) is 58.7 Å². The molecule has 31 heavy (non-hydrogen) atoms. The van der Waals surface area contributed by atoms with E-state index in [1.807, 2.05) is 44.6 Å². The van der Waals surface area contributed by atoms with E-state index in [9.17, 15) is 4.79 Å². The van der Waals surface area contributed by atoms with Gasteiger partial charge < -0.3 is 0 Å². The molecule has 0 N–H and O–H groups in total. The van der Waals surface area contributed by atoms with Gasteiger partial charge in [-0.1, -0.05) is 37.3 Å². The number of para-hydroxylation sites is 1. The third kappa shape index (κ3) is 4.12. The first-order valence-electron chi connectivity index (χ1n) is 10.5. The summed E-state index contributed by atoms with van der Waals surface area (Å²) in [6.45, 7) is 11.3. The first-order valence-corrected chi connectivity index (χ1v) is 11.3. The van der Waals surface area contributed by atoms with E-state index < -0.39 is 0 Å². The minimum absolute atomic E-state index is 0.143. The highest BCUT2D eigenvalue weighted by Crippen LogP contribution is 2.34. The van der Waals surface area contributed by atoms with E-state index in [1.165, 1.54) is 5.56 Å². The fourth-order valence-electron chi connectivity index (χ4n) is 3.72. The molecule has 0 bridgehead atoms. The van der Waals surface area contributed by atoms with Crippen LogP contribution >= 0.6 is 11.3 Å². The van der Waals surface area contributed by atoms with Crippen molar-refractivity contribution < 1.29 is 4.79 Å². The minimum Gasteiger partial charge on any atom is -0.281 e. The number of aryl methyl sites for hydroxylation is 4. The van der Waals surface area contributed by atoms with Crippen molar-refractivity contribution in [1.82, 2.24) is 24.5 Å². The van der Waals surface area contributed by atoms with Crippen molar-refractivity contribution in [2.45, 2.75) is 47.1 Å². The smallest absolute Gasteiger partial charge is 0.280 e. The summed E-state index contributed by atoms with van der Waals surface area (Å²) in [5.74, 6) is 0.214. The molecule has 0 saturated carbocycles. The van der Waals surface area contributed by atoms with Crippen LogP contribution in [-0.2, 0) is 13.6 Å². The van der Waals surface area contributed by atoms with Gasteiger partial charge in [0.15, 0.2) is 10.8 Å². The molecule has 8 heteroatoms. The average Bonchev–Trinajstić information content (AvgIpc) is 3.38. The molecule has 3 heterocycles. The topological polar surface area (TPSA) is 68.8 Å². The summed E-state index contributed by atoms with van der Waals surface area (Å²) in [6.07, 6.45) is 0. The molecule has 0 aliphatic rings. The molecule has 0 spiro atoms. The highest BCUT2D eigenvalue weighted by molar-refractivity contribution is 7.22. The van der Waals surface area contributed by atoms with Gasteiger partial charge in [-0.3, -0.25) is 19.1 Å². The number of amides is 1. The summed E-state index contributed by atoms with van der Waals surface area (Å²) in [4.78, 5) is 20.2. The van der Waals surface area contributed by atoms with Crippen LogP contribution in [0.1, 0.15) is 52.9 Å². The Morgan fingerprint density at radius 2 is 1.90 bits per heavy atom. The van der Waals surface area contributed by atoms with Gasteiger partial charge in [-0.05, 0) is 50.5 Å². The van der Waals surface area contributed by atoms with Gasteiger partial charge in [0.25, 0.3) is 5.91 Å². The summed E-state index contributed by atoms with van der Waals surface area (Å²) in [5.41, 5.74) is 5.57. The Hall–Kier alpha value is -3.00. The Labute approximate surface area is 186 Å². The SMILES string of the molecule is Cc1cc(C)n(CCN(C(=O)c2cc(C)n(C)n2)c2nc3c(C(C)C)cccc3s2)n1. The maximum Gasteiger partial charge on any atom is 0.280 e. The first kappa shape index (κ1) is 21.2. The van der Waals surface area contributed by atoms with Crippen LogP contribution in [0, 0.1) is 20.8 Å². The van der Waals surface area contributed by atoms with Crippen molar-refractivity contribution in [3.63, 3.8) is 0 Å². The van der Waals surface area contributed by atoms with E-state index >= 15 is 0 Å². The molecule has 162 valence electrons. The fraction of sp³-hybridized carbons (Fsp3) is 0.391. The van der Waals surface area contributed by atoms with Crippen LogP contribution in [0.25, 0.3) is 10.2 Å². The van der Waals surface area contributed by atoms with Crippen LogP contribution in [0.4, 0.5) is 5.13 Å². The van der Waals surface area contributed by atoms with Gasteiger partial charge in [0, 0.05) is 25.0 Å². The van der Waals surface area contributed by atoms with Crippen molar-refractivity contribution in [2.75, 3.05) is 11.4 Å². The predicted octanol–water partition coefficient (Wildman–Crippen LogP) is 4.62. The second-order valence-electron chi connectivity index (χ2n) is 8.25. The minimum atomic E-state index is -0.143. The van der Waals surface area contributed by atoms with E-state index in [1.54, 1.807) is 20.9 Å². The summed E-state index contributed by atoms with van der Waals surface area (Å²) in [7, 11) is 1.85. The molecule has 0 saturated heterocycles. The lowest BCUT2D eigenvalue weighted by Crippen LogP contribution is -2.34. The van der Waals surface area contributed by atoms with Crippen molar-refractivity contribution >= 4 is 32.6 Å². The number of carbonyl (C=O) groups excluding carboxylic acids is 1. The third-order valence-electron chi connectivity index (χ3n) is 5.51. The molecule has 1 amide bonds. The van der Waals surface area contributed by atoms with Gasteiger partial charge in [0.05, 0.1) is 22.5 Å². The number of carbonyl (C=O) groups is 1. The number of hydrogen-bond donors (Lipinski definition) is 0. The van der Waals surface area contributed by atoms with Crippen molar-refractivity contribution in [3.8, 4) is 0 Å². The van der Waals surface area contributed by atoms with Gasteiger partial charge in [0.1, 0.15) is 0 Å². The second-order valence-corrected chi connectivity index (χ2v) is 9.26. The standard InChI is InChI=1S/C23H28N6OS/c1-14(2)18-8-7-9-20-21(18)24-23(31-20)28(10-11-29-17(5)12-15(3)25-29)22(30)19-13-16(4)27(6)26-19/h7-9,12-14H,10-11H2,1-6H3. The van der Waals surface area contributed by atoms with E-state index in [0.717, 1.165) is 27.3 Å². The molecular weight excluding hydrogens is 408 g/mol. The molecule has 0 fully saturated rings. The molecule has 7 nitrogen and oxygen atoms in total. The molecule has 4 aromatic rings. The van der Waals surface area contributed by atoms with E-state index in [-0.39, 0.29) is 5.91 Å². The molecule has 0 aliphatic heterocycles. The molecule has 1 aromatic carbocycles. The number of aromatic nitrogens is 5. The number of rotatable bonds is 6. The maximum absolute atomic E-state index is 13.5. The Morgan fingerprint density at radius 3 is 2.52 bits per heavy atom. The van der Waals surface area contributed by atoms with E-state index in [2.05, 4.69) is 42.2 Å². The molecule has 0 radical (unpaired) electrons. The Morgan fingerprint density at radius 1 is 1.13 bits per heavy atom. The average molecular weight is 437 g/mol. The summed E-state index contributed by atoms with van der Waals surface area (Å²) >= 11 is 1.55. The van der Waals surface area contributed by atoms with Gasteiger partial charge in [-0.25, -0.2) is 4.98 Å². The van der Waals surface area contributed by atoms with Crippen LogP contribution in [0.15, 0.2) is 30.3 Å². The number of anilines is 1. The Balaban J connectivity index is 1.74. The molecule has 0 unspecified atom stereocenters. The zero-order chi connectivity index (χ0) is 22.3. The normalized spacial score (nSPS) is 11.6. The van der Waals surface area contributed by atoms with Gasteiger partial charge in [-0.15, -0.1) is 0 Å². The molecule has 0 atom stereocenters. The number of nitrogens with zero attached hydrogens (tertiary/aromatic N) is 6. The van der Waals surface area contributed by atoms with Crippen LogP contribution in [0.3, 0.4) is 0 Å². The van der Waals surface area contributed by atoms with E-state index in [0.29, 0.717) is 29.8 Å². The number of fused-ring (bicyclic) bond motifs is 1. The van der Waals surface area contributed by atoms with Gasteiger partial charge in [0.2, 0.25) is 0 Å². The van der Waals surface area contributed by atoms with Crippen LogP contribution < -0.4 is 4.90 Å². The van der Waals surface area contributed by atoms with Crippen LogP contribution in [0.5, 0.6) is 0 Å². The first-order chi connectivity index (χ1) is 14.7. The quantitative estimate of drug-likeness (QED) is 0.442. The predicted molar refractivity (Wildman–Crippen MR) is 125 cm³/mol. The summed E-state index contributed by atoms with van der Waals surface area (Å²) in [6, 6.07) is 10.1. The summed E-state index contributed by atoms with van der Waals surface area (Å²) < 4.78 is 4.75. The Kier molecular flexibility index (Phi) is 5.66. The van der Waals surface area contributed by atoms with Crippen molar-refractivity contribution in [1.29, 1.82) is 0 Å². The lowest BCUT2D eigenvalue weighted by atomic mass is 10.0. The second kappa shape index (κ2) is 8.26. The molecular formula is C23H28N6OS. The largest absolute Gasteiger partial charge is 0.281 e. The zero-order valence-electron chi connectivity index (χ0n) is 18.9. The van der Waals surface area contributed by atoms with E-state index in [4.69, 9.17) is 4.98 Å². The molecule has 0 aliphatic carbocycles. The highest BCUT2D eigenvalue weighted by Gasteiger charge is 2.25. The van der Waals surface area contributed by atoms with Crippen molar-refractivity contribution in [2.24, 2.45) is 7.05 Å². The lowest BCUT2D eigenvalue weighted by Gasteiger charge is -2.19. The van der Waals surface area contributed by atoms with Gasteiger partial charge >= 0.3 is 0 Å². The lowest BCUT2D eigenvalue weighted by molar-refractivity contribution is 0.0980. The van der Waals surface area contributed by atoms with Crippen LogP contribution in [-0.4, -0.2) is 37.0 Å². The maximum atomic E-state index is 13.5. The van der Waals surface area contributed by atoms with Crippen LogP contribution in [0.2, 0.25) is 0 Å². The number of benzene rings is 1. The fourth-order valence-corrected chi connectivity index (χ4v) is 4.75.